The Balaban J connectivity index is 3.74. The molecule has 0 aromatic carbocycles. The Kier molecular flexibility index (Phi) is 6.01. The summed E-state index contributed by atoms with van der Waals surface area (Å²) >= 11 is 1.73. The Labute approximate surface area is 85.7 Å². The summed E-state index contributed by atoms with van der Waals surface area (Å²) < 4.78 is 0. The number of thioether (sulfide) groups is 1. The van der Waals surface area contributed by atoms with E-state index in [1.807, 2.05) is 20.8 Å². The van der Waals surface area contributed by atoms with Crippen LogP contribution in [0.25, 0.3) is 0 Å². The fraction of sp³-hybridized carbons (Fsp3) is 1.00. The molecule has 0 saturated heterocycles. The van der Waals surface area contributed by atoms with Crippen molar-refractivity contribution in [2.75, 3.05) is 12.4 Å². The lowest BCUT2D eigenvalue weighted by Gasteiger charge is -2.28. The normalized spacial score (nSPS) is 18.7. The summed E-state index contributed by atoms with van der Waals surface area (Å²) in [6, 6.07) is 0. The van der Waals surface area contributed by atoms with Crippen molar-refractivity contribution in [2.24, 2.45) is 5.92 Å². The van der Waals surface area contributed by atoms with Gasteiger partial charge in [-0.1, -0.05) is 20.8 Å². The van der Waals surface area contributed by atoms with Crippen molar-refractivity contribution >= 4 is 11.8 Å². The van der Waals surface area contributed by atoms with E-state index in [0.29, 0.717) is 5.25 Å². The van der Waals surface area contributed by atoms with E-state index < -0.39 is 5.60 Å². The maximum Gasteiger partial charge on any atom is 0.0732 e. The highest BCUT2D eigenvalue weighted by Gasteiger charge is 2.25. The van der Waals surface area contributed by atoms with Crippen LogP contribution in [0, 0.1) is 5.92 Å². The first kappa shape index (κ1) is 13.3. The average molecular weight is 206 g/mol. The van der Waals surface area contributed by atoms with Gasteiger partial charge in [0.15, 0.2) is 0 Å². The van der Waals surface area contributed by atoms with E-state index in [0.717, 1.165) is 12.2 Å². The van der Waals surface area contributed by atoms with Crippen molar-refractivity contribution in [2.45, 2.75) is 45.0 Å². The van der Waals surface area contributed by atoms with Crippen LogP contribution in [0.3, 0.4) is 0 Å². The van der Waals surface area contributed by atoms with E-state index in [9.17, 15) is 5.11 Å². The Morgan fingerprint density at radius 3 is 2.23 bits per heavy atom. The van der Waals surface area contributed by atoms with Crippen LogP contribution in [-0.2, 0) is 0 Å². The van der Waals surface area contributed by atoms with Gasteiger partial charge in [0.1, 0.15) is 0 Å². The third-order valence-electron chi connectivity index (χ3n) is 2.44. The van der Waals surface area contributed by atoms with Crippen LogP contribution in [-0.4, -0.2) is 33.4 Å². The van der Waals surface area contributed by atoms with E-state index in [2.05, 4.69) is 6.92 Å². The highest BCUT2D eigenvalue weighted by molar-refractivity contribution is 7.99. The van der Waals surface area contributed by atoms with Gasteiger partial charge in [-0.05, 0) is 19.3 Å². The maximum atomic E-state index is 9.93. The first-order chi connectivity index (χ1) is 5.90. The molecule has 0 radical (unpaired) electrons. The number of aliphatic hydroxyl groups excluding tert-OH is 1. The van der Waals surface area contributed by atoms with Crippen molar-refractivity contribution in [1.82, 2.24) is 0 Å². The summed E-state index contributed by atoms with van der Waals surface area (Å²) in [5, 5.41) is 19.1. The molecule has 0 amide bonds. The number of hydrogen-bond acceptors (Lipinski definition) is 3. The Bertz CT molecular complexity index is 135. The topological polar surface area (TPSA) is 40.5 Å². The molecule has 2 N–H and O–H groups in total. The summed E-state index contributed by atoms with van der Waals surface area (Å²) in [6.07, 6.45) is 0.804. The van der Waals surface area contributed by atoms with Crippen molar-refractivity contribution in [3.63, 3.8) is 0 Å². The van der Waals surface area contributed by atoms with Crippen LogP contribution in [0.2, 0.25) is 0 Å². The fourth-order valence-corrected chi connectivity index (χ4v) is 1.97. The molecule has 0 aromatic rings. The SMILES string of the molecule is CC(CCO)SCC(C)(O)C(C)C. The molecular weight excluding hydrogens is 184 g/mol. The lowest BCUT2D eigenvalue weighted by Crippen LogP contribution is -2.34. The zero-order chi connectivity index (χ0) is 10.5. The minimum Gasteiger partial charge on any atom is -0.396 e. The van der Waals surface area contributed by atoms with Gasteiger partial charge in [0.05, 0.1) is 5.60 Å². The molecule has 0 heterocycles. The van der Waals surface area contributed by atoms with Crippen LogP contribution in [0.5, 0.6) is 0 Å². The van der Waals surface area contributed by atoms with E-state index in [1.165, 1.54) is 0 Å². The molecule has 0 aliphatic heterocycles. The van der Waals surface area contributed by atoms with Gasteiger partial charge in [-0.15, -0.1) is 0 Å². The van der Waals surface area contributed by atoms with Gasteiger partial charge in [0, 0.05) is 17.6 Å². The van der Waals surface area contributed by atoms with Gasteiger partial charge >= 0.3 is 0 Å². The zero-order valence-electron chi connectivity index (χ0n) is 9.08. The molecule has 2 nitrogen and oxygen atoms in total. The second-order valence-electron chi connectivity index (χ2n) is 4.15. The third-order valence-corrected chi connectivity index (χ3v) is 4.00. The predicted molar refractivity (Wildman–Crippen MR) is 59.1 cm³/mol. The lowest BCUT2D eigenvalue weighted by molar-refractivity contribution is 0.0375. The molecule has 0 aliphatic carbocycles. The molecule has 2 atom stereocenters. The van der Waals surface area contributed by atoms with Gasteiger partial charge in [-0.2, -0.15) is 11.8 Å². The zero-order valence-corrected chi connectivity index (χ0v) is 9.90. The van der Waals surface area contributed by atoms with Crippen molar-refractivity contribution in [1.29, 1.82) is 0 Å². The van der Waals surface area contributed by atoms with Gasteiger partial charge in [0.2, 0.25) is 0 Å². The molecule has 0 aromatic heterocycles. The van der Waals surface area contributed by atoms with Crippen LogP contribution in [0.4, 0.5) is 0 Å². The van der Waals surface area contributed by atoms with Crippen molar-refractivity contribution in [3.8, 4) is 0 Å². The van der Waals surface area contributed by atoms with E-state index >= 15 is 0 Å². The minimum absolute atomic E-state index is 0.234. The minimum atomic E-state index is -0.589. The molecule has 80 valence electrons. The molecule has 0 fully saturated rings. The van der Waals surface area contributed by atoms with Crippen molar-refractivity contribution < 1.29 is 10.2 Å². The Morgan fingerprint density at radius 2 is 1.85 bits per heavy atom. The smallest absolute Gasteiger partial charge is 0.0732 e. The average Bonchev–Trinajstić information content (AvgIpc) is 2.01. The van der Waals surface area contributed by atoms with E-state index in [-0.39, 0.29) is 12.5 Å². The van der Waals surface area contributed by atoms with Gasteiger partial charge in [-0.25, -0.2) is 0 Å². The molecule has 0 saturated carbocycles. The quantitative estimate of drug-likeness (QED) is 0.697. The van der Waals surface area contributed by atoms with E-state index in [4.69, 9.17) is 5.11 Å². The summed E-state index contributed by atoms with van der Waals surface area (Å²) in [7, 11) is 0. The van der Waals surface area contributed by atoms with Gasteiger partial charge in [-0.3, -0.25) is 0 Å². The van der Waals surface area contributed by atoms with Crippen LogP contribution in [0.1, 0.15) is 34.1 Å². The Hall–Kier alpha value is 0.270. The maximum absolute atomic E-state index is 9.93. The molecule has 0 spiro atoms. The monoisotopic (exact) mass is 206 g/mol. The second kappa shape index (κ2) is 5.89. The van der Waals surface area contributed by atoms with Gasteiger partial charge < -0.3 is 10.2 Å². The number of rotatable bonds is 6. The fourth-order valence-electron chi connectivity index (χ4n) is 0.743. The second-order valence-corrected chi connectivity index (χ2v) is 5.57. The molecular formula is C10H22O2S. The molecule has 2 unspecified atom stereocenters. The summed E-state index contributed by atoms with van der Waals surface area (Å²) in [5.74, 6) is 1.02. The first-order valence-electron chi connectivity index (χ1n) is 4.85. The summed E-state index contributed by atoms with van der Waals surface area (Å²) in [6.45, 7) is 8.24. The first-order valence-corrected chi connectivity index (χ1v) is 5.90. The van der Waals surface area contributed by atoms with Crippen molar-refractivity contribution in [3.05, 3.63) is 0 Å². The molecule has 3 heteroatoms. The van der Waals surface area contributed by atoms with Crippen LogP contribution in [0.15, 0.2) is 0 Å². The highest BCUT2D eigenvalue weighted by Crippen LogP contribution is 2.25. The number of aliphatic hydroxyl groups is 2. The van der Waals surface area contributed by atoms with Crippen LogP contribution < -0.4 is 0 Å². The predicted octanol–water partition coefficient (Wildman–Crippen LogP) is 1.90. The molecule has 13 heavy (non-hydrogen) atoms. The van der Waals surface area contributed by atoms with Gasteiger partial charge in [0.25, 0.3) is 0 Å². The Morgan fingerprint density at radius 1 is 1.31 bits per heavy atom. The summed E-state index contributed by atoms with van der Waals surface area (Å²) in [5.41, 5.74) is -0.589. The number of hydrogen-bond donors (Lipinski definition) is 2. The third kappa shape index (κ3) is 5.55. The van der Waals surface area contributed by atoms with Crippen LogP contribution >= 0.6 is 11.8 Å². The lowest BCUT2D eigenvalue weighted by atomic mass is 9.95. The molecule has 0 aliphatic rings. The molecule has 0 bridgehead atoms. The standard InChI is InChI=1S/C10H22O2S/c1-8(2)10(4,12)7-13-9(3)5-6-11/h8-9,11-12H,5-7H2,1-4H3. The van der Waals surface area contributed by atoms with E-state index in [1.54, 1.807) is 11.8 Å². The molecule has 0 rings (SSSR count). The summed E-state index contributed by atoms with van der Waals surface area (Å²) in [4.78, 5) is 0. The largest absolute Gasteiger partial charge is 0.396 e. The highest BCUT2D eigenvalue weighted by atomic mass is 32.2.